The normalized spacial score (nSPS) is 16.8. The number of rotatable bonds is 3. The molecule has 0 saturated carbocycles. The predicted molar refractivity (Wildman–Crippen MR) is 70.6 cm³/mol. The molecule has 1 aliphatic heterocycles. The van der Waals surface area contributed by atoms with E-state index in [9.17, 15) is 4.79 Å². The summed E-state index contributed by atoms with van der Waals surface area (Å²) < 4.78 is 1.72. The van der Waals surface area contributed by atoms with Crippen molar-refractivity contribution in [3.05, 3.63) is 17.5 Å². The van der Waals surface area contributed by atoms with Gasteiger partial charge in [0, 0.05) is 26.3 Å². The molecule has 1 amide bonds. The summed E-state index contributed by atoms with van der Waals surface area (Å²) in [7, 11) is 3.77. The number of carbonyl (C=O) groups excluding carboxylic acids is 1. The van der Waals surface area contributed by atoms with E-state index in [1.54, 1.807) is 4.68 Å². The second kappa shape index (κ2) is 5.52. The van der Waals surface area contributed by atoms with Gasteiger partial charge in [-0.15, -0.1) is 0 Å². The highest BCUT2D eigenvalue weighted by molar-refractivity contribution is 5.95. The molecule has 2 heterocycles. The molecule has 1 fully saturated rings. The number of hydrogen-bond acceptors (Lipinski definition) is 3. The Labute approximate surface area is 108 Å². The fourth-order valence-electron chi connectivity index (χ4n) is 2.52. The monoisotopic (exact) mass is 250 g/mol. The Morgan fingerprint density at radius 2 is 2.22 bits per heavy atom. The molecular formula is C13H22N4O. The number of amides is 1. The maximum Gasteiger partial charge on any atom is 0.257 e. The fourth-order valence-corrected chi connectivity index (χ4v) is 2.52. The van der Waals surface area contributed by atoms with E-state index in [4.69, 9.17) is 0 Å². The van der Waals surface area contributed by atoms with Crippen molar-refractivity contribution in [3.8, 4) is 0 Å². The van der Waals surface area contributed by atoms with Gasteiger partial charge in [-0.1, -0.05) is 6.92 Å². The zero-order valence-electron chi connectivity index (χ0n) is 11.4. The van der Waals surface area contributed by atoms with E-state index >= 15 is 0 Å². The third-order valence-electron chi connectivity index (χ3n) is 3.65. The van der Waals surface area contributed by atoms with E-state index < -0.39 is 0 Å². The Hall–Kier alpha value is -1.36. The molecule has 0 spiro atoms. The number of nitrogens with one attached hydrogen (secondary N) is 1. The van der Waals surface area contributed by atoms with Crippen LogP contribution in [0.15, 0.2) is 6.20 Å². The van der Waals surface area contributed by atoms with Crippen molar-refractivity contribution in [1.82, 2.24) is 20.0 Å². The molecule has 1 aliphatic rings. The summed E-state index contributed by atoms with van der Waals surface area (Å²) in [5.41, 5.74) is 1.64. The highest BCUT2D eigenvalue weighted by Crippen LogP contribution is 2.16. The zero-order valence-corrected chi connectivity index (χ0v) is 11.4. The molecule has 100 valence electrons. The first-order valence-electron chi connectivity index (χ1n) is 6.64. The minimum atomic E-state index is 0.104. The van der Waals surface area contributed by atoms with Gasteiger partial charge < -0.3 is 10.2 Å². The van der Waals surface area contributed by atoms with Crippen LogP contribution in [-0.2, 0) is 13.5 Å². The lowest BCUT2D eigenvalue weighted by Crippen LogP contribution is -2.44. The van der Waals surface area contributed by atoms with Crippen molar-refractivity contribution < 1.29 is 4.79 Å². The molecule has 1 aromatic heterocycles. The largest absolute Gasteiger partial charge is 0.339 e. The zero-order chi connectivity index (χ0) is 13.1. The smallest absolute Gasteiger partial charge is 0.257 e. The Morgan fingerprint density at radius 1 is 1.56 bits per heavy atom. The van der Waals surface area contributed by atoms with Crippen molar-refractivity contribution in [3.63, 3.8) is 0 Å². The van der Waals surface area contributed by atoms with E-state index in [0.29, 0.717) is 6.04 Å². The minimum Gasteiger partial charge on any atom is -0.339 e. The fraction of sp³-hybridized carbons (Fsp3) is 0.692. The molecule has 0 atom stereocenters. The second-order valence-electron chi connectivity index (χ2n) is 4.91. The van der Waals surface area contributed by atoms with Gasteiger partial charge >= 0.3 is 0 Å². The molecule has 18 heavy (non-hydrogen) atoms. The topological polar surface area (TPSA) is 50.2 Å². The third kappa shape index (κ3) is 2.56. The molecule has 0 bridgehead atoms. The van der Waals surface area contributed by atoms with Crippen LogP contribution in [0.4, 0.5) is 0 Å². The lowest BCUT2D eigenvalue weighted by molar-refractivity contribution is 0.0702. The average Bonchev–Trinajstić information content (AvgIpc) is 2.79. The van der Waals surface area contributed by atoms with Gasteiger partial charge in [0.15, 0.2) is 0 Å². The van der Waals surface area contributed by atoms with Gasteiger partial charge in [0.1, 0.15) is 0 Å². The molecule has 1 saturated heterocycles. The summed E-state index contributed by atoms with van der Waals surface area (Å²) >= 11 is 0. The molecule has 1 aromatic rings. The maximum atomic E-state index is 12.5. The van der Waals surface area contributed by atoms with Crippen LogP contribution in [0.3, 0.4) is 0 Å². The van der Waals surface area contributed by atoms with Crippen molar-refractivity contribution in [1.29, 1.82) is 0 Å². The number of aromatic nitrogens is 2. The predicted octanol–water partition coefficient (Wildman–Crippen LogP) is 0.806. The number of piperidine rings is 1. The van der Waals surface area contributed by atoms with Gasteiger partial charge in [-0.2, -0.15) is 5.10 Å². The van der Waals surface area contributed by atoms with Crippen LogP contribution in [-0.4, -0.2) is 46.8 Å². The molecular weight excluding hydrogens is 228 g/mol. The van der Waals surface area contributed by atoms with E-state index in [1.165, 1.54) is 0 Å². The number of carbonyl (C=O) groups is 1. The highest BCUT2D eigenvalue weighted by Gasteiger charge is 2.25. The third-order valence-corrected chi connectivity index (χ3v) is 3.65. The van der Waals surface area contributed by atoms with Gasteiger partial charge in [0.2, 0.25) is 0 Å². The van der Waals surface area contributed by atoms with Gasteiger partial charge in [0.05, 0.1) is 11.3 Å². The van der Waals surface area contributed by atoms with Gasteiger partial charge in [-0.3, -0.25) is 9.48 Å². The summed E-state index contributed by atoms with van der Waals surface area (Å²) in [6, 6.07) is 0.351. The van der Waals surface area contributed by atoms with Crippen molar-refractivity contribution in [2.45, 2.75) is 32.2 Å². The van der Waals surface area contributed by atoms with E-state index in [0.717, 1.165) is 43.6 Å². The second-order valence-corrected chi connectivity index (χ2v) is 4.91. The van der Waals surface area contributed by atoms with Crippen LogP contribution in [0.25, 0.3) is 0 Å². The van der Waals surface area contributed by atoms with Crippen molar-refractivity contribution in [2.75, 3.05) is 20.1 Å². The lowest BCUT2D eigenvalue weighted by atomic mass is 10.0. The highest BCUT2D eigenvalue weighted by atomic mass is 16.2. The molecule has 0 aromatic carbocycles. The first-order valence-corrected chi connectivity index (χ1v) is 6.64. The SMILES string of the molecule is CCc1nn(C)cc1C(=O)N(C)C1CCNCC1. The van der Waals surface area contributed by atoms with Crippen LogP contribution in [0.1, 0.15) is 35.8 Å². The first kappa shape index (κ1) is 13.1. The van der Waals surface area contributed by atoms with Crippen LogP contribution >= 0.6 is 0 Å². The molecule has 5 nitrogen and oxygen atoms in total. The van der Waals surface area contributed by atoms with Crippen LogP contribution in [0.5, 0.6) is 0 Å². The average molecular weight is 250 g/mol. The summed E-state index contributed by atoms with van der Waals surface area (Å²) in [4.78, 5) is 14.4. The van der Waals surface area contributed by atoms with Crippen LogP contribution in [0, 0.1) is 0 Å². The lowest BCUT2D eigenvalue weighted by Gasteiger charge is -2.31. The van der Waals surface area contributed by atoms with Gasteiger partial charge in [-0.25, -0.2) is 0 Å². The first-order chi connectivity index (χ1) is 8.63. The summed E-state index contributed by atoms with van der Waals surface area (Å²) in [6.45, 7) is 4.02. The molecule has 2 rings (SSSR count). The van der Waals surface area contributed by atoms with Crippen molar-refractivity contribution >= 4 is 5.91 Å². The Bertz CT molecular complexity index is 421. The quantitative estimate of drug-likeness (QED) is 0.863. The molecule has 0 radical (unpaired) electrons. The molecule has 0 aliphatic carbocycles. The van der Waals surface area contributed by atoms with Crippen LogP contribution < -0.4 is 5.32 Å². The number of nitrogens with zero attached hydrogens (tertiary/aromatic N) is 3. The standard InChI is InChI=1S/C13H22N4O/c1-4-12-11(9-16(2)15-12)13(18)17(3)10-5-7-14-8-6-10/h9-10,14H,4-8H2,1-3H3. The summed E-state index contributed by atoms with van der Waals surface area (Å²) in [5.74, 6) is 0.104. The number of hydrogen-bond donors (Lipinski definition) is 1. The van der Waals surface area contributed by atoms with Crippen LogP contribution in [0.2, 0.25) is 0 Å². The van der Waals surface area contributed by atoms with E-state index in [2.05, 4.69) is 10.4 Å². The Morgan fingerprint density at radius 3 is 2.83 bits per heavy atom. The number of aryl methyl sites for hydroxylation is 2. The Kier molecular flexibility index (Phi) is 4.01. The summed E-state index contributed by atoms with van der Waals surface area (Å²) in [6.07, 6.45) is 4.69. The van der Waals surface area contributed by atoms with E-state index in [-0.39, 0.29) is 5.91 Å². The minimum absolute atomic E-state index is 0.104. The van der Waals surface area contributed by atoms with E-state index in [1.807, 2.05) is 32.1 Å². The Balaban J connectivity index is 2.13. The molecule has 5 heteroatoms. The molecule has 1 N–H and O–H groups in total. The molecule has 0 unspecified atom stereocenters. The summed E-state index contributed by atoms with van der Waals surface area (Å²) in [5, 5.41) is 7.66. The van der Waals surface area contributed by atoms with Crippen molar-refractivity contribution in [2.24, 2.45) is 7.05 Å². The van der Waals surface area contributed by atoms with Gasteiger partial charge in [0.25, 0.3) is 5.91 Å². The maximum absolute atomic E-state index is 12.5. The van der Waals surface area contributed by atoms with Gasteiger partial charge in [-0.05, 0) is 32.4 Å².